The maximum absolute atomic E-state index is 13.8. The molecule has 0 unspecified atom stereocenters. The minimum absolute atomic E-state index is 0.144. The number of carboxylic acid groups (broad SMARTS) is 1. The first kappa shape index (κ1) is 26.5. The zero-order chi connectivity index (χ0) is 26.5. The first-order valence-electron chi connectivity index (χ1n) is 11.4. The van der Waals surface area contributed by atoms with Crippen LogP contribution in [0.5, 0.6) is 0 Å². The van der Waals surface area contributed by atoms with E-state index in [0.29, 0.717) is 17.5 Å². The van der Waals surface area contributed by atoms with E-state index in [-0.39, 0.29) is 18.4 Å². The highest BCUT2D eigenvalue weighted by molar-refractivity contribution is 5.98. The minimum Gasteiger partial charge on any atom is -0.481 e. The van der Waals surface area contributed by atoms with Gasteiger partial charge in [0.25, 0.3) is 5.91 Å². The molecule has 2 amide bonds. The fraction of sp³-hybridized carbons (Fsp3) is 0.250. The van der Waals surface area contributed by atoms with Crippen LogP contribution in [0.4, 0.5) is 8.78 Å². The van der Waals surface area contributed by atoms with Crippen molar-refractivity contribution in [3.05, 3.63) is 95.6 Å². The Morgan fingerprint density at radius 1 is 0.917 bits per heavy atom. The highest BCUT2D eigenvalue weighted by Crippen LogP contribution is 2.29. The Bertz CT molecular complexity index is 1220. The van der Waals surface area contributed by atoms with Gasteiger partial charge in [-0.25, -0.2) is 8.78 Å². The van der Waals surface area contributed by atoms with Crippen molar-refractivity contribution in [2.45, 2.75) is 44.7 Å². The number of rotatable bonds is 10. The quantitative estimate of drug-likeness (QED) is 0.422. The lowest BCUT2D eigenvalue weighted by Gasteiger charge is -2.43. The van der Waals surface area contributed by atoms with Crippen molar-refractivity contribution in [2.75, 3.05) is 0 Å². The number of primary amides is 1. The van der Waals surface area contributed by atoms with Crippen molar-refractivity contribution in [2.24, 2.45) is 5.73 Å². The molecular formula is C28H28F2N2O4. The smallest absolute Gasteiger partial charge is 0.303 e. The lowest BCUT2D eigenvalue weighted by molar-refractivity contribution is -0.137. The van der Waals surface area contributed by atoms with Crippen molar-refractivity contribution in [3.8, 4) is 11.1 Å². The Morgan fingerprint density at radius 3 is 2.03 bits per heavy atom. The average Bonchev–Trinajstić information content (AvgIpc) is 2.80. The summed E-state index contributed by atoms with van der Waals surface area (Å²) in [5.41, 5.74) is 6.69. The fourth-order valence-corrected chi connectivity index (χ4v) is 4.34. The molecule has 3 N–H and O–H groups in total. The third kappa shape index (κ3) is 6.53. The van der Waals surface area contributed by atoms with Gasteiger partial charge in [0.1, 0.15) is 17.7 Å². The molecule has 0 aliphatic heterocycles. The summed E-state index contributed by atoms with van der Waals surface area (Å²) in [6, 6.07) is 17.5. The van der Waals surface area contributed by atoms with E-state index < -0.39 is 41.0 Å². The van der Waals surface area contributed by atoms with Crippen molar-refractivity contribution in [3.63, 3.8) is 0 Å². The second kappa shape index (κ2) is 11.1. The highest BCUT2D eigenvalue weighted by Gasteiger charge is 2.39. The monoisotopic (exact) mass is 494 g/mol. The van der Waals surface area contributed by atoms with Gasteiger partial charge in [-0.15, -0.1) is 0 Å². The number of hydrogen-bond donors (Lipinski definition) is 2. The molecule has 0 aliphatic rings. The number of nitrogens with zero attached hydrogens (tertiary/aromatic N) is 1. The summed E-state index contributed by atoms with van der Waals surface area (Å²) in [5, 5.41) is 9.19. The molecule has 0 saturated carbocycles. The van der Waals surface area contributed by atoms with Gasteiger partial charge in [-0.05, 0) is 67.6 Å². The molecule has 0 radical (unpaired) electrons. The number of halogens is 2. The van der Waals surface area contributed by atoms with Gasteiger partial charge in [0, 0.05) is 23.6 Å². The van der Waals surface area contributed by atoms with Gasteiger partial charge >= 0.3 is 5.97 Å². The van der Waals surface area contributed by atoms with Gasteiger partial charge in [-0.3, -0.25) is 14.4 Å². The molecule has 3 aromatic carbocycles. The van der Waals surface area contributed by atoms with Crippen LogP contribution in [0.15, 0.2) is 72.8 Å². The van der Waals surface area contributed by atoms with Gasteiger partial charge in [0.2, 0.25) is 5.91 Å². The molecule has 3 aromatic rings. The third-order valence-electron chi connectivity index (χ3n) is 5.95. The molecule has 0 heterocycles. The summed E-state index contributed by atoms with van der Waals surface area (Å²) < 4.78 is 27.3. The van der Waals surface area contributed by atoms with Gasteiger partial charge < -0.3 is 15.7 Å². The van der Waals surface area contributed by atoms with Gasteiger partial charge in [0.05, 0.1) is 0 Å². The molecule has 6 nitrogen and oxygen atoms in total. The zero-order valence-corrected chi connectivity index (χ0v) is 20.1. The van der Waals surface area contributed by atoms with Crippen LogP contribution in [0.2, 0.25) is 0 Å². The normalized spacial score (nSPS) is 12.1. The van der Waals surface area contributed by atoms with E-state index in [1.807, 2.05) is 30.3 Å². The molecule has 3 rings (SSSR count). The molecule has 1 atom stereocenters. The van der Waals surface area contributed by atoms with Crippen LogP contribution < -0.4 is 5.73 Å². The van der Waals surface area contributed by atoms with Crippen LogP contribution in [0.3, 0.4) is 0 Å². The summed E-state index contributed by atoms with van der Waals surface area (Å²) in [4.78, 5) is 38.8. The number of nitrogens with two attached hydrogens (primary N) is 1. The zero-order valence-electron chi connectivity index (χ0n) is 20.1. The van der Waals surface area contributed by atoms with Crippen LogP contribution in [-0.4, -0.2) is 39.4 Å². The van der Waals surface area contributed by atoms with E-state index in [4.69, 9.17) is 5.73 Å². The first-order valence-corrected chi connectivity index (χ1v) is 11.4. The topological polar surface area (TPSA) is 101 Å². The predicted molar refractivity (Wildman–Crippen MR) is 132 cm³/mol. The summed E-state index contributed by atoms with van der Waals surface area (Å²) in [6.45, 7) is 3.58. The largest absolute Gasteiger partial charge is 0.481 e. The Balaban J connectivity index is 2.00. The SMILES string of the molecule is CC(C)(Cc1ccccc1)N(C(=O)c1ccc(-c2cc(F)cc(F)c2)cc1)[C@@H](CCC(=O)O)C(N)=O. The first-order chi connectivity index (χ1) is 17.0. The van der Waals surface area contributed by atoms with Crippen molar-refractivity contribution < 1.29 is 28.3 Å². The molecule has 0 spiro atoms. The Hall–Kier alpha value is -4.07. The van der Waals surface area contributed by atoms with Crippen LogP contribution in [0.1, 0.15) is 42.6 Å². The molecule has 36 heavy (non-hydrogen) atoms. The molecule has 0 bridgehead atoms. The van der Waals surface area contributed by atoms with Crippen LogP contribution in [0.25, 0.3) is 11.1 Å². The predicted octanol–water partition coefficient (Wildman–Crippen LogP) is 4.81. The van der Waals surface area contributed by atoms with E-state index >= 15 is 0 Å². The number of hydrogen-bond acceptors (Lipinski definition) is 3. The lowest BCUT2D eigenvalue weighted by atomic mass is 9.89. The number of carboxylic acids is 1. The number of carbonyl (C=O) groups is 3. The lowest BCUT2D eigenvalue weighted by Crippen LogP contribution is -2.58. The second-order valence-corrected chi connectivity index (χ2v) is 9.24. The number of benzene rings is 3. The van der Waals surface area contributed by atoms with Crippen molar-refractivity contribution in [1.29, 1.82) is 0 Å². The number of amides is 2. The van der Waals surface area contributed by atoms with E-state index in [9.17, 15) is 28.3 Å². The Kier molecular flexibility index (Phi) is 8.19. The van der Waals surface area contributed by atoms with Gasteiger partial charge in [-0.1, -0.05) is 42.5 Å². The molecule has 188 valence electrons. The molecule has 0 aromatic heterocycles. The Morgan fingerprint density at radius 2 is 1.50 bits per heavy atom. The highest BCUT2D eigenvalue weighted by atomic mass is 19.1. The molecule has 0 fully saturated rings. The fourth-order valence-electron chi connectivity index (χ4n) is 4.34. The summed E-state index contributed by atoms with van der Waals surface area (Å²) in [6.07, 6.45) is -0.102. The van der Waals surface area contributed by atoms with Gasteiger partial charge in [0.15, 0.2) is 0 Å². The minimum atomic E-state index is -1.16. The molecule has 8 heteroatoms. The summed E-state index contributed by atoms with van der Waals surface area (Å²) in [7, 11) is 0. The van der Waals surface area contributed by atoms with E-state index in [1.54, 1.807) is 26.0 Å². The second-order valence-electron chi connectivity index (χ2n) is 9.24. The maximum atomic E-state index is 13.8. The molecule has 0 aliphatic carbocycles. The van der Waals surface area contributed by atoms with Crippen molar-refractivity contribution in [1.82, 2.24) is 4.90 Å². The number of carbonyl (C=O) groups excluding carboxylic acids is 2. The van der Waals surface area contributed by atoms with E-state index in [1.165, 1.54) is 29.2 Å². The average molecular weight is 495 g/mol. The Labute approximate surface area is 208 Å². The van der Waals surface area contributed by atoms with Crippen LogP contribution in [-0.2, 0) is 16.0 Å². The third-order valence-corrected chi connectivity index (χ3v) is 5.95. The molecular weight excluding hydrogens is 466 g/mol. The summed E-state index contributed by atoms with van der Waals surface area (Å²) in [5.74, 6) is -3.87. The maximum Gasteiger partial charge on any atom is 0.303 e. The van der Waals surface area contributed by atoms with Crippen LogP contribution in [0, 0.1) is 11.6 Å². The van der Waals surface area contributed by atoms with Crippen molar-refractivity contribution >= 4 is 17.8 Å². The number of aliphatic carboxylic acids is 1. The van der Waals surface area contributed by atoms with E-state index in [0.717, 1.165) is 11.6 Å². The van der Waals surface area contributed by atoms with E-state index in [2.05, 4.69) is 0 Å². The standard InChI is InChI=1S/C28H28F2N2O4/c1-28(2,17-18-6-4-3-5-7-18)32(24(26(31)35)12-13-25(33)34)27(36)20-10-8-19(9-11-20)21-14-22(29)16-23(30)15-21/h3-11,14-16,24H,12-13,17H2,1-2H3,(H2,31,35)(H,33,34)/t24-/m0/s1. The van der Waals surface area contributed by atoms with Crippen LogP contribution >= 0.6 is 0 Å². The van der Waals surface area contributed by atoms with Gasteiger partial charge in [-0.2, -0.15) is 0 Å². The summed E-state index contributed by atoms with van der Waals surface area (Å²) >= 11 is 0. The molecule has 0 saturated heterocycles.